The van der Waals surface area contributed by atoms with Gasteiger partial charge in [0.1, 0.15) is 5.82 Å². The zero-order chi connectivity index (χ0) is 11.8. The molecule has 3 rings (SSSR count). The SMILES string of the molecule is CNc1cc(N2C3CCC2CC(O)C3)ccn1. The maximum absolute atomic E-state index is 9.80. The minimum Gasteiger partial charge on any atom is -0.393 e. The average molecular weight is 233 g/mol. The summed E-state index contributed by atoms with van der Waals surface area (Å²) in [7, 11) is 1.89. The van der Waals surface area contributed by atoms with Gasteiger partial charge in [0.15, 0.2) is 0 Å². The van der Waals surface area contributed by atoms with Gasteiger partial charge in [0, 0.05) is 37.1 Å². The van der Waals surface area contributed by atoms with Gasteiger partial charge in [0.2, 0.25) is 0 Å². The van der Waals surface area contributed by atoms with E-state index >= 15 is 0 Å². The average Bonchev–Trinajstić information content (AvgIpc) is 2.62. The molecule has 0 radical (unpaired) electrons. The Kier molecular flexibility index (Phi) is 2.67. The molecule has 1 aromatic heterocycles. The smallest absolute Gasteiger partial charge is 0.127 e. The maximum Gasteiger partial charge on any atom is 0.127 e. The molecule has 2 unspecified atom stereocenters. The molecule has 2 bridgehead atoms. The molecule has 2 fully saturated rings. The van der Waals surface area contributed by atoms with Crippen molar-refractivity contribution in [1.29, 1.82) is 0 Å². The van der Waals surface area contributed by atoms with Gasteiger partial charge in [-0.05, 0) is 31.7 Å². The molecule has 0 amide bonds. The van der Waals surface area contributed by atoms with Crippen molar-refractivity contribution in [1.82, 2.24) is 4.98 Å². The number of rotatable bonds is 2. The Morgan fingerprint density at radius 2 is 2.06 bits per heavy atom. The summed E-state index contributed by atoms with van der Waals surface area (Å²) in [5.41, 5.74) is 1.24. The van der Waals surface area contributed by atoms with E-state index in [1.54, 1.807) is 0 Å². The molecule has 1 aromatic rings. The van der Waals surface area contributed by atoms with Crippen molar-refractivity contribution in [3.63, 3.8) is 0 Å². The van der Waals surface area contributed by atoms with Gasteiger partial charge in [0.25, 0.3) is 0 Å². The maximum atomic E-state index is 9.80. The van der Waals surface area contributed by atoms with Crippen molar-refractivity contribution in [2.45, 2.75) is 43.9 Å². The van der Waals surface area contributed by atoms with E-state index < -0.39 is 0 Å². The van der Waals surface area contributed by atoms with Crippen LogP contribution in [0, 0.1) is 0 Å². The Hall–Kier alpha value is -1.29. The van der Waals surface area contributed by atoms with E-state index in [1.807, 2.05) is 13.2 Å². The molecule has 0 aliphatic carbocycles. The number of nitrogens with zero attached hydrogens (tertiary/aromatic N) is 2. The number of aromatic nitrogens is 1. The van der Waals surface area contributed by atoms with Crippen molar-refractivity contribution in [3.05, 3.63) is 18.3 Å². The number of hydrogen-bond donors (Lipinski definition) is 2. The Labute approximate surface area is 102 Å². The van der Waals surface area contributed by atoms with Crippen LogP contribution in [-0.4, -0.2) is 35.3 Å². The molecular formula is C13H19N3O. The first-order chi connectivity index (χ1) is 8.28. The summed E-state index contributed by atoms with van der Waals surface area (Å²) in [5, 5.41) is 12.9. The van der Waals surface area contributed by atoms with E-state index in [1.165, 1.54) is 18.5 Å². The largest absolute Gasteiger partial charge is 0.393 e. The van der Waals surface area contributed by atoms with Crippen LogP contribution in [0.15, 0.2) is 18.3 Å². The molecular weight excluding hydrogens is 214 g/mol. The van der Waals surface area contributed by atoms with Gasteiger partial charge < -0.3 is 15.3 Å². The summed E-state index contributed by atoms with van der Waals surface area (Å²) in [6, 6.07) is 5.19. The number of anilines is 2. The van der Waals surface area contributed by atoms with Crippen molar-refractivity contribution >= 4 is 11.5 Å². The second-order valence-electron chi connectivity index (χ2n) is 5.07. The Morgan fingerprint density at radius 3 is 2.71 bits per heavy atom. The number of nitrogens with one attached hydrogen (secondary N) is 1. The normalized spacial score (nSPS) is 31.6. The fraction of sp³-hybridized carbons (Fsp3) is 0.615. The Bertz CT molecular complexity index is 395. The van der Waals surface area contributed by atoms with Crippen molar-refractivity contribution in [3.8, 4) is 0 Å². The van der Waals surface area contributed by atoms with Crippen LogP contribution in [0.5, 0.6) is 0 Å². The predicted octanol–water partition coefficient (Wildman–Crippen LogP) is 1.62. The van der Waals surface area contributed by atoms with Crippen LogP contribution in [0.4, 0.5) is 11.5 Å². The molecule has 0 aromatic carbocycles. The van der Waals surface area contributed by atoms with Crippen molar-refractivity contribution in [2.24, 2.45) is 0 Å². The minimum atomic E-state index is -0.102. The summed E-state index contributed by atoms with van der Waals surface area (Å²) in [4.78, 5) is 6.73. The van der Waals surface area contributed by atoms with Crippen LogP contribution in [0.3, 0.4) is 0 Å². The van der Waals surface area contributed by atoms with Gasteiger partial charge in [0.05, 0.1) is 6.10 Å². The molecule has 3 heterocycles. The van der Waals surface area contributed by atoms with Gasteiger partial charge in [-0.25, -0.2) is 4.98 Å². The first kappa shape index (κ1) is 10.8. The van der Waals surface area contributed by atoms with Gasteiger partial charge in [-0.1, -0.05) is 0 Å². The molecule has 2 N–H and O–H groups in total. The lowest BCUT2D eigenvalue weighted by molar-refractivity contribution is 0.126. The summed E-state index contributed by atoms with van der Waals surface area (Å²) in [5.74, 6) is 0.910. The fourth-order valence-electron chi connectivity index (χ4n) is 3.29. The number of fused-ring (bicyclic) bond motifs is 2. The van der Waals surface area contributed by atoms with E-state index in [0.29, 0.717) is 12.1 Å². The topological polar surface area (TPSA) is 48.4 Å². The number of aliphatic hydroxyl groups excluding tert-OH is 1. The lowest BCUT2D eigenvalue weighted by atomic mass is 9.99. The van der Waals surface area contributed by atoms with Gasteiger partial charge in [-0.15, -0.1) is 0 Å². The molecule has 2 aliphatic rings. The lowest BCUT2D eigenvalue weighted by Crippen LogP contribution is -2.44. The van der Waals surface area contributed by atoms with Crippen LogP contribution >= 0.6 is 0 Å². The molecule has 0 spiro atoms. The third-order valence-corrected chi connectivity index (χ3v) is 4.01. The molecule has 4 heteroatoms. The summed E-state index contributed by atoms with van der Waals surface area (Å²) in [6.07, 6.45) is 5.99. The van der Waals surface area contributed by atoms with E-state index in [-0.39, 0.29) is 6.10 Å². The molecule has 2 saturated heterocycles. The standard InChI is InChI=1S/C13H19N3O/c1-14-13-8-11(4-5-15-13)16-9-2-3-10(16)7-12(17)6-9/h4-5,8-10,12,17H,2-3,6-7H2,1H3,(H,14,15). The van der Waals surface area contributed by atoms with E-state index in [0.717, 1.165) is 18.7 Å². The third-order valence-electron chi connectivity index (χ3n) is 4.01. The highest BCUT2D eigenvalue weighted by molar-refractivity contribution is 5.56. The third kappa shape index (κ3) is 1.86. The van der Waals surface area contributed by atoms with Crippen molar-refractivity contribution < 1.29 is 5.11 Å². The second-order valence-corrected chi connectivity index (χ2v) is 5.07. The van der Waals surface area contributed by atoms with Gasteiger partial charge >= 0.3 is 0 Å². The van der Waals surface area contributed by atoms with Crippen molar-refractivity contribution in [2.75, 3.05) is 17.3 Å². The minimum absolute atomic E-state index is 0.102. The van der Waals surface area contributed by atoms with E-state index in [2.05, 4.69) is 27.3 Å². The zero-order valence-electron chi connectivity index (χ0n) is 10.1. The van der Waals surface area contributed by atoms with Gasteiger partial charge in [-0.3, -0.25) is 0 Å². The molecule has 4 nitrogen and oxygen atoms in total. The molecule has 17 heavy (non-hydrogen) atoms. The van der Waals surface area contributed by atoms with Crippen LogP contribution in [0.25, 0.3) is 0 Å². The fourth-order valence-corrected chi connectivity index (χ4v) is 3.29. The highest BCUT2D eigenvalue weighted by Crippen LogP contribution is 2.39. The molecule has 92 valence electrons. The van der Waals surface area contributed by atoms with E-state index in [9.17, 15) is 5.11 Å². The number of hydrogen-bond acceptors (Lipinski definition) is 4. The number of aliphatic hydroxyl groups is 1. The summed E-state index contributed by atoms with van der Waals surface area (Å²) < 4.78 is 0. The second kappa shape index (κ2) is 4.18. The zero-order valence-corrected chi connectivity index (χ0v) is 10.1. The quantitative estimate of drug-likeness (QED) is 0.815. The molecule has 2 atom stereocenters. The number of pyridine rings is 1. The predicted molar refractivity (Wildman–Crippen MR) is 68.3 cm³/mol. The van der Waals surface area contributed by atoms with Crippen LogP contribution in [-0.2, 0) is 0 Å². The monoisotopic (exact) mass is 233 g/mol. The highest BCUT2D eigenvalue weighted by atomic mass is 16.3. The van der Waals surface area contributed by atoms with Crippen LogP contribution < -0.4 is 10.2 Å². The highest BCUT2D eigenvalue weighted by Gasteiger charge is 2.40. The molecule has 0 saturated carbocycles. The lowest BCUT2D eigenvalue weighted by Gasteiger charge is -2.39. The summed E-state index contributed by atoms with van der Waals surface area (Å²) in [6.45, 7) is 0. The molecule has 2 aliphatic heterocycles. The first-order valence-corrected chi connectivity index (χ1v) is 6.38. The first-order valence-electron chi connectivity index (χ1n) is 6.38. The van der Waals surface area contributed by atoms with Gasteiger partial charge in [-0.2, -0.15) is 0 Å². The Balaban J connectivity index is 1.89. The number of piperidine rings is 1. The Morgan fingerprint density at radius 1 is 1.35 bits per heavy atom. The van der Waals surface area contributed by atoms with E-state index in [4.69, 9.17) is 0 Å². The van der Waals surface area contributed by atoms with Crippen LogP contribution in [0.2, 0.25) is 0 Å². The summed E-state index contributed by atoms with van der Waals surface area (Å²) >= 11 is 0. The van der Waals surface area contributed by atoms with Crippen LogP contribution in [0.1, 0.15) is 25.7 Å².